The third-order valence-corrected chi connectivity index (χ3v) is 3.68. The molecule has 0 aliphatic carbocycles. The fraction of sp³-hybridized carbons (Fsp3) is 0.118. The van der Waals surface area contributed by atoms with E-state index in [4.69, 9.17) is 10.5 Å². The van der Waals surface area contributed by atoms with Crippen LogP contribution in [0.15, 0.2) is 47.3 Å². The van der Waals surface area contributed by atoms with E-state index in [0.29, 0.717) is 0 Å². The zero-order chi connectivity index (χ0) is 18.2. The first-order valence-electron chi connectivity index (χ1n) is 7.16. The summed E-state index contributed by atoms with van der Waals surface area (Å²) in [6.07, 6.45) is -4.54. The van der Waals surface area contributed by atoms with Gasteiger partial charge in [-0.1, -0.05) is 18.2 Å². The second-order valence-electron chi connectivity index (χ2n) is 5.33. The third kappa shape index (κ3) is 3.28. The van der Waals surface area contributed by atoms with E-state index < -0.39 is 29.7 Å². The Labute approximate surface area is 138 Å². The molecule has 0 saturated carbocycles. The molecule has 0 radical (unpaired) electrons. The fourth-order valence-electron chi connectivity index (χ4n) is 2.49. The molecule has 25 heavy (non-hydrogen) atoms. The minimum atomic E-state index is -4.54. The molecule has 0 spiro atoms. The molecule has 1 aromatic heterocycles. The zero-order valence-electron chi connectivity index (χ0n) is 12.7. The van der Waals surface area contributed by atoms with Crippen molar-refractivity contribution in [3.05, 3.63) is 69.8 Å². The number of nitrogens with two attached hydrogens (primary N) is 1. The lowest BCUT2D eigenvalue weighted by molar-refractivity contribution is -0.138. The summed E-state index contributed by atoms with van der Waals surface area (Å²) in [6, 6.07) is 8.43. The SMILES string of the molecule is Nc1c(=O)[nH]c(OCc2ccccc2C(F)(F)F)c2cc(F)ccc12. The summed E-state index contributed by atoms with van der Waals surface area (Å²) in [7, 11) is 0. The number of ether oxygens (including phenoxy) is 1. The van der Waals surface area contributed by atoms with Crippen molar-refractivity contribution in [3.63, 3.8) is 0 Å². The summed E-state index contributed by atoms with van der Waals surface area (Å²) in [4.78, 5) is 14.2. The first-order chi connectivity index (χ1) is 11.8. The molecule has 0 atom stereocenters. The van der Waals surface area contributed by atoms with Crippen LogP contribution >= 0.6 is 0 Å². The minimum absolute atomic E-state index is 0.114. The van der Waals surface area contributed by atoms with Gasteiger partial charge in [-0.05, 0) is 24.3 Å². The maximum Gasteiger partial charge on any atom is 0.416 e. The smallest absolute Gasteiger partial charge is 0.416 e. The second-order valence-corrected chi connectivity index (χ2v) is 5.33. The molecule has 0 bridgehead atoms. The maximum atomic E-state index is 13.5. The van der Waals surface area contributed by atoms with Crippen LogP contribution in [0.3, 0.4) is 0 Å². The van der Waals surface area contributed by atoms with Crippen molar-refractivity contribution in [2.75, 3.05) is 5.73 Å². The van der Waals surface area contributed by atoms with Crippen LogP contribution in [0.25, 0.3) is 10.8 Å². The van der Waals surface area contributed by atoms with Crippen molar-refractivity contribution < 1.29 is 22.3 Å². The molecule has 130 valence electrons. The van der Waals surface area contributed by atoms with E-state index in [1.807, 2.05) is 0 Å². The number of anilines is 1. The predicted molar refractivity (Wildman–Crippen MR) is 84.7 cm³/mol. The van der Waals surface area contributed by atoms with Gasteiger partial charge in [0.05, 0.1) is 5.56 Å². The zero-order valence-corrected chi connectivity index (χ0v) is 12.7. The topological polar surface area (TPSA) is 68.1 Å². The average molecular weight is 352 g/mol. The number of nitrogens with one attached hydrogen (secondary N) is 1. The molecular formula is C17H12F4N2O2. The number of aromatic amines is 1. The highest BCUT2D eigenvalue weighted by Gasteiger charge is 2.33. The van der Waals surface area contributed by atoms with Gasteiger partial charge in [0, 0.05) is 16.3 Å². The number of alkyl halides is 3. The number of fused-ring (bicyclic) bond motifs is 1. The van der Waals surface area contributed by atoms with Gasteiger partial charge in [0.2, 0.25) is 5.88 Å². The summed E-state index contributed by atoms with van der Waals surface area (Å²) in [6.45, 7) is -0.457. The lowest BCUT2D eigenvalue weighted by Crippen LogP contribution is -2.15. The van der Waals surface area contributed by atoms with Gasteiger partial charge in [-0.3, -0.25) is 9.78 Å². The van der Waals surface area contributed by atoms with Crippen LogP contribution in [0.4, 0.5) is 23.2 Å². The first-order valence-corrected chi connectivity index (χ1v) is 7.16. The van der Waals surface area contributed by atoms with Crippen LogP contribution in [0.5, 0.6) is 5.88 Å². The fourth-order valence-corrected chi connectivity index (χ4v) is 2.49. The van der Waals surface area contributed by atoms with E-state index in [1.54, 1.807) is 0 Å². The number of nitrogen functional groups attached to an aromatic ring is 1. The predicted octanol–water partition coefficient (Wildman–Crippen LogP) is 3.85. The van der Waals surface area contributed by atoms with Gasteiger partial charge in [0.1, 0.15) is 18.1 Å². The molecule has 3 rings (SSSR count). The minimum Gasteiger partial charge on any atom is -0.474 e. The molecule has 0 aliphatic rings. The van der Waals surface area contributed by atoms with E-state index in [1.165, 1.54) is 24.3 Å². The summed E-state index contributed by atoms with van der Waals surface area (Å²) in [5.41, 5.74) is 3.90. The highest BCUT2D eigenvalue weighted by molar-refractivity contribution is 5.95. The molecular weight excluding hydrogens is 340 g/mol. The molecule has 8 heteroatoms. The molecule has 0 unspecified atom stereocenters. The standard InChI is InChI=1S/C17H12F4N2O2/c18-10-5-6-11-12(7-10)16(23-15(24)14(11)22)25-8-9-3-1-2-4-13(9)17(19,20)21/h1-7H,8,22H2,(H,23,24). The quantitative estimate of drug-likeness (QED) is 0.704. The molecule has 0 aliphatic heterocycles. The maximum absolute atomic E-state index is 13.5. The van der Waals surface area contributed by atoms with E-state index in [-0.39, 0.29) is 27.9 Å². The second kappa shape index (κ2) is 6.12. The van der Waals surface area contributed by atoms with Crippen LogP contribution in [0.1, 0.15) is 11.1 Å². The van der Waals surface area contributed by atoms with Gasteiger partial charge in [-0.25, -0.2) is 4.39 Å². The number of benzene rings is 2. The lowest BCUT2D eigenvalue weighted by atomic mass is 10.1. The van der Waals surface area contributed by atoms with Crippen molar-refractivity contribution in [2.45, 2.75) is 12.8 Å². The van der Waals surface area contributed by atoms with Gasteiger partial charge >= 0.3 is 6.18 Å². The number of pyridine rings is 1. The molecule has 2 aromatic carbocycles. The van der Waals surface area contributed by atoms with E-state index in [0.717, 1.165) is 18.2 Å². The molecule has 3 N–H and O–H groups in total. The van der Waals surface area contributed by atoms with Gasteiger partial charge in [0.15, 0.2) is 0 Å². The van der Waals surface area contributed by atoms with Crippen LogP contribution in [-0.2, 0) is 12.8 Å². The number of aromatic nitrogens is 1. The Morgan fingerprint density at radius 1 is 1.08 bits per heavy atom. The van der Waals surface area contributed by atoms with Gasteiger partial charge in [-0.2, -0.15) is 13.2 Å². The first kappa shape index (κ1) is 16.8. The van der Waals surface area contributed by atoms with Crippen molar-refractivity contribution in [1.29, 1.82) is 0 Å². The Balaban J connectivity index is 2.02. The van der Waals surface area contributed by atoms with E-state index in [2.05, 4.69) is 4.98 Å². The molecule has 0 saturated heterocycles. The van der Waals surface area contributed by atoms with Gasteiger partial charge < -0.3 is 10.5 Å². The molecule has 3 aromatic rings. The number of halogens is 4. The largest absolute Gasteiger partial charge is 0.474 e. The van der Waals surface area contributed by atoms with Gasteiger partial charge in [0.25, 0.3) is 5.56 Å². The van der Waals surface area contributed by atoms with Crippen molar-refractivity contribution in [3.8, 4) is 5.88 Å². The summed E-state index contributed by atoms with van der Waals surface area (Å²) < 4.78 is 57.9. The molecule has 0 fully saturated rings. The Morgan fingerprint density at radius 3 is 2.52 bits per heavy atom. The number of hydrogen-bond acceptors (Lipinski definition) is 3. The molecule has 0 amide bonds. The van der Waals surface area contributed by atoms with Gasteiger partial charge in [-0.15, -0.1) is 0 Å². The average Bonchev–Trinajstić information content (AvgIpc) is 2.56. The Kier molecular flexibility index (Phi) is 4.12. The van der Waals surface area contributed by atoms with Crippen LogP contribution in [-0.4, -0.2) is 4.98 Å². The van der Waals surface area contributed by atoms with Crippen molar-refractivity contribution >= 4 is 16.5 Å². The molecule has 4 nitrogen and oxygen atoms in total. The number of rotatable bonds is 3. The van der Waals surface area contributed by atoms with Crippen LogP contribution in [0.2, 0.25) is 0 Å². The third-order valence-electron chi connectivity index (χ3n) is 3.68. The van der Waals surface area contributed by atoms with Crippen molar-refractivity contribution in [1.82, 2.24) is 4.98 Å². The van der Waals surface area contributed by atoms with E-state index in [9.17, 15) is 22.4 Å². The van der Waals surface area contributed by atoms with Crippen molar-refractivity contribution in [2.24, 2.45) is 0 Å². The summed E-state index contributed by atoms with van der Waals surface area (Å²) in [5, 5.41) is 0.422. The van der Waals surface area contributed by atoms with Crippen LogP contribution < -0.4 is 16.0 Å². The van der Waals surface area contributed by atoms with Crippen LogP contribution in [0, 0.1) is 5.82 Å². The molecule has 1 heterocycles. The number of H-pyrrole nitrogens is 1. The highest BCUT2D eigenvalue weighted by Crippen LogP contribution is 2.33. The summed E-state index contributed by atoms with van der Waals surface area (Å²) >= 11 is 0. The lowest BCUT2D eigenvalue weighted by Gasteiger charge is -2.14. The monoisotopic (exact) mass is 352 g/mol. The summed E-state index contributed by atoms with van der Waals surface area (Å²) in [5.74, 6) is -0.745. The van der Waals surface area contributed by atoms with E-state index >= 15 is 0 Å². The normalized spacial score (nSPS) is 11.7. The highest BCUT2D eigenvalue weighted by atomic mass is 19.4. The Hall–Kier alpha value is -3.03. The number of hydrogen-bond donors (Lipinski definition) is 2. The Bertz CT molecular complexity index is 996. The Morgan fingerprint density at radius 2 is 1.80 bits per heavy atom.